The summed E-state index contributed by atoms with van der Waals surface area (Å²) in [6.07, 6.45) is 2.61. The molecule has 1 aliphatic heterocycles. The van der Waals surface area contributed by atoms with Crippen molar-refractivity contribution in [2.45, 2.75) is 52.7 Å². The van der Waals surface area contributed by atoms with Crippen LogP contribution in [0.2, 0.25) is 0 Å². The van der Waals surface area contributed by atoms with Crippen molar-refractivity contribution < 1.29 is 14.7 Å². The van der Waals surface area contributed by atoms with E-state index in [4.69, 9.17) is 0 Å². The lowest BCUT2D eigenvalue weighted by atomic mass is 10.0. The molecule has 3 rings (SSSR count). The molecule has 0 aliphatic carbocycles. The molecule has 128 valence electrons. The van der Waals surface area contributed by atoms with Crippen LogP contribution in [0.4, 0.5) is 0 Å². The monoisotopic (exact) mass is 331 g/mol. The second-order valence-corrected chi connectivity index (χ2v) is 6.07. The maximum absolute atomic E-state index is 12.7. The SMILES string of the molecule is CCc1c(C)nn(CC(=O)N2Cc3[nH]cnc3C[C@H]2C(=O)O)c1C. The van der Waals surface area contributed by atoms with Crippen LogP contribution in [-0.4, -0.2) is 47.7 Å². The van der Waals surface area contributed by atoms with E-state index in [1.54, 1.807) is 4.68 Å². The Morgan fingerprint density at radius 2 is 2.17 bits per heavy atom. The van der Waals surface area contributed by atoms with Crippen molar-refractivity contribution in [3.63, 3.8) is 0 Å². The number of fused-ring (bicyclic) bond motifs is 1. The fraction of sp³-hybridized carbons (Fsp3) is 0.500. The van der Waals surface area contributed by atoms with E-state index in [-0.39, 0.29) is 25.4 Å². The van der Waals surface area contributed by atoms with Gasteiger partial charge in [-0.15, -0.1) is 0 Å². The van der Waals surface area contributed by atoms with Crippen LogP contribution < -0.4 is 0 Å². The zero-order valence-electron chi connectivity index (χ0n) is 14.0. The number of rotatable bonds is 4. The number of aromatic nitrogens is 4. The largest absolute Gasteiger partial charge is 0.480 e. The number of carboxylic acids is 1. The predicted molar refractivity (Wildman–Crippen MR) is 85.3 cm³/mol. The van der Waals surface area contributed by atoms with Gasteiger partial charge in [0, 0.05) is 12.1 Å². The minimum atomic E-state index is -1.01. The molecule has 1 aliphatic rings. The van der Waals surface area contributed by atoms with E-state index in [9.17, 15) is 14.7 Å². The molecule has 0 bridgehead atoms. The van der Waals surface area contributed by atoms with Gasteiger partial charge in [0.2, 0.25) is 5.91 Å². The van der Waals surface area contributed by atoms with Gasteiger partial charge in [0.15, 0.2) is 0 Å². The van der Waals surface area contributed by atoms with Crippen molar-refractivity contribution in [1.29, 1.82) is 0 Å². The summed E-state index contributed by atoms with van der Waals surface area (Å²) in [6.45, 7) is 6.17. The molecule has 0 aromatic carbocycles. The second-order valence-electron chi connectivity index (χ2n) is 6.07. The van der Waals surface area contributed by atoms with Gasteiger partial charge in [-0.2, -0.15) is 5.10 Å². The molecule has 0 saturated heterocycles. The zero-order chi connectivity index (χ0) is 17.4. The summed E-state index contributed by atoms with van der Waals surface area (Å²) < 4.78 is 1.66. The highest BCUT2D eigenvalue weighted by molar-refractivity contribution is 5.84. The fourth-order valence-electron chi connectivity index (χ4n) is 3.34. The van der Waals surface area contributed by atoms with Crippen molar-refractivity contribution in [1.82, 2.24) is 24.6 Å². The summed E-state index contributed by atoms with van der Waals surface area (Å²) in [5.74, 6) is -1.27. The Morgan fingerprint density at radius 3 is 2.79 bits per heavy atom. The highest BCUT2D eigenvalue weighted by atomic mass is 16.4. The van der Waals surface area contributed by atoms with Crippen LogP contribution in [0.5, 0.6) is 0 Å². The summed E-state index contributed by atoms with van der Waals surface area (Å²) in [4.78, 5) is 32.8. The summed E-state index contributed by atoms with van der Waals surface area (Å²) in [6, 6.07) is -0.893. The van der Waals surface area contributed by atoms with Crippen LogP contribution in [0.25, 0.3) is 0 Å². The van der Waals surface area contributed by atoms with Crippen molar-refractivity contribution in [3.05, 3.63) is 34.7 Å². The van der Waals surface area contributed by atoms with Gasteiger partial charge in [0.25, 0.3) is 0 Å². The van der Waals surface area contributed by atoms with Gasteiger partial charge in [-0.25, -0.2) is 9.78 Å². The molecule has 8 heteroatoms. The highest BCUT2D eigenvalue weighted by Crippen LogP contribution is 2.22. The third-order valence-electron chi connectivity index (χ3n) is 4.67. The van der Waals surface area contributed by atoms with Crippen LogP contribution in [0.1, 0.15) is 35.3 Å². The van der Waals surface area contributed by atoms with E-state index < -0.39 is 12.0 Å². The van der Waals surface area contributed by atoms with Crippen LogP contribution in [0, 0.1) is 13.8 Å². The van der Waals surface area contributed by atoms with E-state index in [0.29, 0.717) is 5.69 Å². The van der Waals surface area contributed by atoms with E-state index >= 15 is 0 Å². The lowest BCUT2D eigenvalue weighted by Crippen LogP contribution is -2.49. The first-order valence-corrected chi connectivity index (χ1v) is 7.98. The van der Waals surface area contributed by atoms with Gasteiger partial charge >= 0.3 is 5.97 Å². The van der Waals surface area contributed by atoms with Crippen molar-refractivity contribution in [3.8, 4) is 0 Å². The quantitative estimate of drug-likeness (QED) is 0.863. The molecular formula is C16H21N5O3. The smallest absolute Gasteiger partial charge is 0.326 e. The van der Waals surface area contributed by atoms with E-state index in [1.165, 1.54) is 11.2 Å². The third-order valence-corrected chi connectivity index (χ3v) is 4.67. The Kier molecular flexibility index (Phi) is 4.13. The van der Waals surface area contributed by atoms with E-state index in [0.717, 1.165) is 29.1 Å². The molecular weight excluding hydrogens is 310 g/mol. The van der Waals surface area contributed by atoms with E-state index in [2.05, 4.69) is 15.1 Å². The van der Waals surface area contributed by atoms with Crippen molar-refractivity contribution in [2.24, 2.45) is 0 Å². The molecule has 2 aromatic heterocycles. The van der Waals surface area contributed by atoms with Gasteiger partial charge in [-0.3, -0.25) is 9.48 Å². The molecule has 0 spiro atoms. The summed E-state index contributed by atoms with van der Waals surface area (Å²) >= 11 is 0. The number of carbonyl (C=O) groups excluding carboxylic acids is 1. The Morgan fingerprint density at radius 1 is 1.42 bits per heavy atom. The zero-order valence-corrected chi connectivity index (χ0v) is 14.0. The van der Waals surface area contributed by atoms with Crippen molar-refractivity contribution in [2.75, 3.05) is 0 Å². The van der Waals surface area contributed by atoms with Crippen LogP contribution >= 0.6 is 0 Å². The van der Waals surface area contributed by atoms with Gasteiger partial charge in [0.1, 0.15) is 12.6 Å². The average Bonchev–Trinajstić information content (AvgIpc) is 3.10. The molecule has 2 N–H and O–H groups in total. The number of carboxylic acid groups (broad SMARTS) is 1. The van der Waals surface area contributed by atoms with Crippen LogP contribution in [-0.2, 0) is 35.5 Å². The molecule has 0 saturated carbocycles. The molecule has 1 atom stereocenters. The topological polar surface area (TPSA) is 104 Å². The number of H-pyrrole nitrogens is 1. The molecule has 2 aromatic rings. The third kappa shape index (κ3) is 2.68. The van der Waals surface area contributed by atoms with E-state index in [1.807, 2.05) is 20.8 Å². The number of carbonyl (C=O) groups is 2. The minimum Gasteiger partial charge on any atom is -0.480 e. The number of aromatic amines is 1. The maximum atomic E-state index is 12.7. The Bertz CT molecular complexity index is 792. The standard InChI is InChI=1S/C16H21N5O3/c1-4-11-9(2)19-21(10(11)3)7-15(22)20-6-13-12(17-8-18-13)5-14(20)16(23)24/h8,14H,4-7H2,1-3H3,(H,17,18)(H,23,24)/t14-/m0/s1. The summed E-state index contributed by atoms with van der Waals surface area (Å²) in [5.41, 5.74) is 4.50. The normalized spacial score (nSPS) is 17.0. The first kappa shape index (κ1) is 16.2. The number of imidazole rings is 1. The van der Waals surface area contributed by atoms with Gasteiger partial charge in [0.05, 0.1) is 30.0 Å². The molecule has 24 heavy (non-hydrogen) atoms. The maximum Gasteiger partial charge on any atom is 0.326 e. The Balaban J connectivity index is 1.84. The van der Waals surface area contributed by atoms with Gasteiger partial charge in [-0.1, -0.05) is 6.92 Å². The molecule has 0 radical (unpaired) electrons. The summed E-state index contributed by atoms with van der Waals surface area (Å²) in [7, 11) is 0. The number of amides is 1. The molecule has 1 amide bonds. The number of nitrogens with one attached hydrogen (secondary N) is 1. The number of hydrogen-bond donors (Lipinski definition) is 2. The Labute approximate surface area is 139 Å². The summed E-state index contributed by atoms with van der Waals surface area (Å²) in [5, 5.41) is 13.9. The number of nitrogens with zero attached hydrogens (tertiary/aromatic N) is 4. The minimum absolute atomic E-state index is 0.0416. The average molecular weight is 331 g/mol. The first-order valence-electron chi connectivity index (χ1n) is 7.98. The van der Waals surface area contributed by atoms with Gasteiger partial charge in [-0.05, 0) is 25.8 Å². The number of aliphatic carboxylic acids is 1. The van der Waals surface area contributed by atoms with Crippen LogP contribution in [0.3, 0.4) is 0 Å². The first-order chi connectivity index (χ1) is 11.4. The van der Waals surface area contributed by atoms with Gasteiger partial charge < -0.3 is 15.0 Å². The fourth-order valence-corrected chi connectivity index (χ4v) is 3.34. The highest BCUT2D eigenvalue weighted by Gasteiger charge is 2.36. The second kappa shape index (κ2) is 6.10. The van der Waals surface area contributed by atoms with Crippen molar-refractivity contribution >= 4 is 11.9 Å². The lowest BCUT2D eigenvalue weighted by Gasteiger charge is -2.32. The predicted octanol–water partition coefficient (Wildman–Crippen LogP) is 0.824. The molecule has 0 unspecified atom stereocenters. The molecule has 0 fully saturated rings. The van der Waals surface area contributed by atoms with Crippen LogP contribution in [0.15, 0.2) is 6.33 Å². The lowest BCUT2D eigenvalue weighted by molar-refractivity contribution is -0.151. The number of hydrogen-bond acceptors (Lipinski definition) is 4. The number of aryl methyl sites for hydroxylation is 1. The Hall–Kier alpha value is -2.64. The molecule has 3 heterocycles. The molecule has 8 nitrogen and oxygen atoms in total.